The molecule has 2 unspecified atom stereocenters. The van der Waals surface area contributed by atoms with Gasteiger partial charge >= 0.3 is 0 Å². The van der Waals surface area contributed by atoms with Gasteiger partial charge in [0.25, 0.3) is 0 Å². The topological polar surface area (TPSA) is 66.1 Å². The fourth-order valence-electron chi connectivity index (χ4n) is 3.34. The highest BCUT2D eigenvalue weighted by Gasteiger charge is 2.38. The van der Waals surface area contributed by atoms with Crippen LogP contribution in [0.1, 0.15) is 49.9 Å². The van der Waals surface area contributed by atoms with Crippen LogP contribution in [-0.4, -0.2) is 29.5 Å². The van der Waals surface area contributed by atoms with E-state index in [-0.39, 0.29) is 12.0 Å². The first kappa shape index (κ1) is 18.0. The van der Waals surface area contributed by atoms with Crippen molar-refractivity contribution in [2.75, 3.05) is 6.54 Å². The maximum Gasteiger partial charge on any atom is 0.239 e. The Bertz CT molecular complexity index is 798. The van der Waals surface area contributed by atoms with Crippen LogP contribution in [0.2, 0.25) is 5.15 Å². The maximum atomic E-state index is 13.2. The molecule has 24 heavy (non-hydrogen) atoms. The number of piperidine rings is 1. The zero-order valence-electron chi connectivity index (χ0n) is 13.7. The number of hydrogen-bond acceptors (Lipinski definition) is 3. The Balaban J connectivity index is 1.97. The first-order chi connectivity index (χ1) is 11.3. The molecular formula is C16H21Cl2N3O2S. The second-order valence-corrected chi connectivity index (χ2v) is 9.21. The molecule has 2 heterocycles. The molecule has 5 nitrogen and oxygen atoms in total. The monoisotopic (exact) mass is 389 g/mol. The summed E-state index contributed by atoms with van der Waals surface area (Å²) in [5.74, 6) is 0.0213. The van der Waals surface area contributed by atoms with E-state index in [1.807, 2.05) is 13.8 Å². The lowest BCUT2D eigenvalue weighted by molar-refractivity contribution is 0.252. The van der Waals surface area contributed by atoms with Crippen molar-refractivity contribution in [1.29, 1.82) is 0 Å². The van der Waals surface area contributed by atoms with E-state index in [2.05, 4.69) is 10.2 Å². The molecule has 2 aliphatic rings. The van der Waals surface area contributed by atoms with Crippen LogP contribution in [-0.2, 0) is 10.0 Å². The highest BCUT2D eigenvalue weighted by Crippen LogP contribution is 2.39. The zero-order valence-corrected chi connectivity index (χ0v) is 16.0. The van der Waals surface area contributed by atoms with E-state index in [4.69, 9.17) is 23.2 Å². The SMILES string of the molecule is Cc1c(Cl)n[nH]c1C1CCCCN1S(=O)(=O)C1=CC=C(Cl)C(C)C1. The fraction of sp³-hybridized carbons (Fsp3) is 0.562. The summed E-state index contributed by atoms with van der Waals surface area (Å²) in [4.78, 5) is 0.426. The van der Waals surface area contributed by atoms with Gasteiger partial charge in [-0.15, -0.1) is 0 Å². The Hall–Kier alpha value is -0.820. The number of rotatable bonds is 3. The molecule has 1 aromatic heterocycles. The number of hydrogen-bond donors (Lipinski definition) is 1. The highest BCUT2D eigenvalue weighted by molar-refractivity contribution is 7.93. The first-order valence-corrected chi connectivity index (χ1v) is 10.3. The van der Waals surface area contributed by atoms with Gasteiger partial charge in [0.15, 0.2) is 5.15 Å². The van der Waals surface area contributed by atoms with Crippen LogP contribution < -0.4 is 0 Å². The Morgan fingerprint density at radius 3 is 2.67 bits per heavy atom. The van der Waals surface area contributed by atoms with E-state index < -0.39 is 10.0 Å². The van der Waals surface area contributed by atoms with E-state index >= 15 is 0 Å². The Labute approximate surface area is 152 Å². The van der Waals surface area contributed by atoms with E-state index in [9.17, 15) is 8.42 Å². The Morgan fingerprint density at radius 2 is 2.04 bits per heavy atom. The molecule has 3 rings (SSSR count). The van der Waals surface area contributed by atoms with Crippen LogP contribution in [0.3, 0.4) is 0 Å². The molecule has 0 amide bonds. The number of allylic oxidation sites excluding steroid dienone is 4. The molecule has 0 saturated carbocycles. The lowest BCUT2D eigenvalue weighted by atomic mass is 10.00. The molecule has 2 atom stereocenters. The van der Waals surface area contributed by atoms with Gasteiger partial charge in [-0.1, -0.05) is 36.5 Å². The number of H-pyrrole nitrogens is 1. The summed E-state index contributed by atoms with van der Waals surface area (Å²) >= 11 is 12.1. The summed E-state index contributed by atoms with van der Waals surface area (Å²) in [5.41, 5.74) is 1.61. The van der Waals surface area contributed by atoms with Gasteiger partial charge in [0.2, 0.25) is 10.0 Å². The van der Waals surface area contributed by atoms with Crippen LogP contribution in [0.25, 0.3) is 0 Å². The van der Waals surface area contributed by atoms with Gasteiger partial charge in [-0.25, -0.2) is 8.42 Å². The third-order valence-corrected chi connectivity index (χ3v) is 7.71. The van der Waals surface area contributed by atoms with Gasteiger partial charge in [0.05, 0.1) is 16.6 Å². The van der Waals surface area contributed by atoms with Crippen LogP contribution in [0.5, 0.6) is 0 Å². The minimum absolute atomic E-state index is 0.0213. The molecule has 0 aromatic carbocycles. The minimum atomic E-state index is -3.55. The molecule has 1 fully saturated rings. The smallest absolute Gasteiger partial charge is 0.239 e. The molecule has 1 aromatic rings. The first-order valence-electron chi connectivity index (χ1n) is 8.11. The highest BCUT2D eigenvalue weighted by atomic mass is 35.5. The van der Waals surface area contributed by atoms with Crippen molar-refractivity contribution in [1.82, 2.24) is 14.5 Å². The summed E-state index contributed by atoms with van der Waals surface area (Å²) in [7, 11) is -3.55. The summed E-state index contributed by atoms with van der Waals surface area (Å²) in [6, 6.07) is -0.249. The molecule has 8 heteroatoms. The second-order valence-electron chi connectivity index (χ2n) is 6.47. The predicted molar refractivity (Wildman–Crippen MR) is 96.4 cm³/mol. The average molecular weight is 390 g/mol. The van der Waals surface area contributed by atoms with Crippen molar-refractivity contribution in [2.45, 2.75) is 45.6 Å². The number of aromatic nitrogens is 2. The molecule has 1 aliphatic carbocycles. The minimum Gasteiger partial charge on any atom is -0.279 e. The molecule has 1 aliphatic heterocycles. The number of aromatic amines is 1. The summed E-state index contributed by atoms with van der Waals surface area (Å²) in [6.07, 6.45) is 6.36. The van der Waals surface area contributed by atoms with Gasteiger partial charge in [0.1, 0.15) is 0 Å². The summed E-state index contributed by atoms with van der Waals surface area (Å²) in [6.45, 7) is 4.31. The standard InChI is InChI=1S/C16H21Cl2N3O2S/c1-10-9-12(6-7-13(10)17)24(22,23)21-8-4-3-5-14(21)15-11(2)16(18)20-19-15/h6-7,10,14H,3-5,8-9H2,1-2H3,(H,19,20). The van der Waals surface area contributed by atoms with Gasteiger partial charge in [-0.05, 0) is 44.3 Å². The molecule has 1 saturated heterocycles. The third-order valence-electron chi connectivity index (χ3n) is 4.82. The molecular weight excluding hydrogens is 369 g/mol. The summed E-state index contributed by atoms with van der Waals surface area (Å²) in [5, 5.41) is 8.03. The second kappa shape index (κ2) is 6.83. The van der Waals surface area contributed by atoms with Crippen molar-refractivity contribution in [2.24, 2.45) is 5.92 Å². The maximum absolute atomic E-state index is 13.2. The van der Waals surface area contributed by atoms with Gasteiger partial charge in [0, 0.05) is 17.1 Å². The molecule has 0 radical (unpaired) electrons. The number of sulfonamides is 1. The third kappa shape index (κ3) is 3.17. The Morgan fingerprint density at radius 1 is 1.29 bits per heavy atom. The van der Waals surface area contributed by atoms with E-state index in [1.165, 1.54) is 0 Å². The van der Waals surface area contributed by atoms with Crippen LogP contribution in [0, 0.1) is 12.8 Å². The normalized spacial score (nSPS) is 26.2. The van der Waals surface area contributed by atoms with E-state index in [0.717, 1.165) is 30.5 Å². The molecule has 0 spiro atoms. The lowest BCUT2D eigenvalue weighted by Crippen LogP contribution is -2.40. The van der Waals surface area contributed by atoms with E-state index in [1.54, 1.807) is 16.5 Å². The average Bonchev–Trinajstić information content (AvgIpc) is 2.89. The molecule has 0 bridgehead atoms. The fourth-order valence-corrected chi connectivity index (χ4v) is 5.54. The largest absolute Gasteiger partial charge is 0.279 e. The molecule has 132 valence electrons. The van der Waals surface area contributed by atoms with Gasteiger partial charge in [-0.2, -0.15) is 9.40 Å². The summed E-state index contributed by atoms with van der Waals surface area (Å²) < 4.78 is 28.0. The van der Waals surface area contributed by atoms with Gasteiger partial charge < -0.3 is 0 Å². The van der Waals surface area contributed by atoms with Gasteiger partial charge in [-0.3, -0.25) is 5.10 Å². The van der Waals surface area contributed by atoms with Crippen molar-refractivity contribution in [3.05, 3.63) is 38.5 Å². The lowest BCUT2D eigenvalue weighted by Gasteiger charge is -2.35. The van der Waals surface area contributed by atoms with Crippen molar-refractivity contribution in [3.8, 4) is 0 Å². The number of nitrogens with zero attached hydrogens (tertiary/aromatic N) is 2. The van der Waals surface area contributed by atoms with Crippen molar-refractivity contribution < 1.29 is 8.42 Å². The Kier molecular flexibility index (Phi) is 5.12. The van der Waals surface area contributed by atoms with Crippen LogP contribution in [0.15, 0.2) is 22.1 Å². The zero-order chi connectivity index (χ0) is 17.5. The number of nitrogens with one attached hydrogen (secondary N) is 1. The van der Waals surface area contributed by atoms with Crippen LogP contribution >= 0.6 is 23.2 Å². The van der Waals surface area contributed by atoms with Crippen molar-refractivity contribution in [3.63, 3.8) is 0 Å². The van der Waals surface area contributed by atoms with E-state index in [0.29, 0.717) is 28.1 Å². The van der Waals surface area contributed by atoms with Crippen LogP contribution in [0.4, 0.5) is 0 Å². The van der Waals surface area contributed by atoms with Crippen molar-refractivity contribution >= 4 is 33.2 Å². The number of halogens is 2. The molecule has 1 N–H and O–H groups in total. The predicted octanol–water partition coefficient (Wildman–Crippen LogP) is 4.27. The quantitative estimate of drug-likeness (QED) is 0.838.